The third-order valence-corrected chi connectivity index (χ3v) is 7.63. The zero-order valence-corrected chi connectivity index (χ0v) is 24.5. The van der Waals surface area contributed by atoms with Gasteiger partial charge in [-0.05, 0) is 54.7 Å². The van der Waals surface area contributed by atoms with E-state index in [1.165, 1.54) is 0 Å². The smallest absolute Gasteiger partial charge is 0.254 e. The lowest BCUT2D eigenvalue weighted by Gasteiger charge is -2.27. The van der Waals surface area contributed by atoms with Crippen LogP contribution < -0.4 is 16.4 Å². The Kier molecular flexibility index (Phi) is 11.2. The van der Waals surface area contributed by atoms with E-state index in [0.29, 0.717) is 57.2 Å². The lowest BCUT2D eigenvalue weighted by molar-refractivity contribution is -0.129. The Balaban J connectivity index is 1.34. The number of morpholine rings is 1. The van der Waals surface area contributed by atoms with Crippen LogP contribution in [0.5, 0.6) is 0 Å². The summed E-state index contributed by atoms with van der Waals surface area (Å²) in [6.45, 7) is 6.75. The van der Waals surface area contributed by atoms with Crippen LogP contribution in [-0.4, -0.2) is 59.8 Å². The third-order valence-electron chi connectivity index (χ3n) is 7.63. The summed E-state index contributed by atoms with van der Waals surface area (Å²) in [7, 11) is 0. The van der Waals surface area contributed by atoms with Crippen molar-refractivity contribution in [2.75, 3.05) is 32.0 Å². The minimum Gasteiger partial charge on any atom is -0.384 e. The highest BCUT2D eigenvalue weighted by Crippen LogP contribution is 2.14. The maximum atomic E-state index is 13.5. The number of benzene rings is 2. The highest BCUT2D eigenvalue weighted by Gasteiger charge is 2.24. The maximum Gasteiger partial charge on any atom is 0.254 e. The minimum atomic E-state index is -0.481. The van der Waals surface area contributed by atoms with Gasteiger partial charge < -0.3 is 26.0 Å². The van der Waals surface area contributed by atoms with Gasteiger partial charge in [0.25, 0.3) is 5.91 Å². The SMILES string of the molecule is Cc1nc(N)ccc1CNC(=O)[C@H](C)CC(=O)[C@@H](CCc1ccccc1)NCc1ccc(C(=O)N2CCOCC2)cc1. The summed E-state index contributed by atoms with van der Waals surface area (Å²) in [5, 5.41) is 6.35. The molecule has 1 aromatic heterocycles. The van der Waals surface area contributed by atoms with E-state index in [1.54, 1.807) is 17.9 Å². The fourth-order valence-corrected chi connectivity index (χ4v) is 4.98. The quantitative estimate of drug-likeness (QED) is 0.287. The molecular weight excluding hydrogens is 530 g/mol. The van der Waals surface area contributed by atoms with Crippen LogP contribution in [-0.2, 0) is 33.8 Å². The topological polar surface area (TPSA) is 127 Å². The van der Waals surface area contributed by atoms with Crippen LogP contribution in [0.1, 0.15) is 52.5 Å². The van der Waals surface area contributed by atoms with Gasteiger partial charge >= 0.3 is 0 Å². The second kappa shape index (κ2) is 15.2. The maximum absolute atomic E-state index is 13.5. The van der Waals surface area contributed by atoms with Crippen molar-refractivity contribution in [1.82, 2.24) is 20.5 Å². The largest absolute Gasteiger partial charge is 0.384 e. The first kappa shape index (κ1) is 30.9. The first-order valence-corrected chi connectivity index (χ1v) is 14.6. The molecule has 9 nitrogen and oxygen atoms in total. The molecule has 2 heterocycles. The average Bonchev–Trinajstić information content (AvgIpc) is 3.01. The molecule has 0 radical (unpaired) electrons. The summed E-state index contributed by atoms with van der Waals surface area (Å²) in [5.74, 6) is -0.220. The molecule has 1 aliphatic heterocycles. The van der Waals surface area contributed by atoms with E-state index in [9.17, 15) is 14.4 Å². The number of nitrogens with two attached hydrogens (primary N) is 1. The second-order valence-electron chi connectivity index (χ2n) is 10.8. The van der Waals surface area contributed by atoms with Gasteiger partial charge in [0.1, 0.15) is 5.82 Å². The van der Waals surface area contributed by atoms with Crippen LogP contribution in [0.4, 0.5) is 5.82 Å². The molecule has 1 fully saturated rings. The number of nitrogen functional groups attached to an aromatic ring is 1. The monoisotopic (exact) mass is 571 g/mol. The lowest BCUT2D eigenvalue weighted by Crippen LogP contribution is -2.40. The molecule has 0 bridgehead atoms. The Labute approximate surface area is 247 Å². The molecule has 4 rings (SSSR count). The van der Waals surface area contributed by atoms with Gasteiger partial charge in [-0.25, -0.2) is 4.98 Å². The van der Waals surface area contributed by atoms with Crippen molar-refractivity contribution in [2.24, 2.45) is 5.92 Å². The van der Waals surface area contributed by atoms with E-state index in [1.807, 2.05) is 55.5 Å². The highest BCUT2D eigenvalue weighted by molar-refractivity contribution is 5.94. The van der Waals surface area contributed by atoms with Crippen molar-refractivity contribution in [3.8, 4) is 0 Å². The summed E-state index contributed by atoms with van der Waals surface area (Å²) in [5.41, 5.74) is 10.1. The summed E-state index contributed by atoms with van der Waals surface area (Å²) in [6, 6.07) is 20.7. The number of rotatable bonds is 13. The standard InChI is InChI=1S/C33H41N5O4/c1-23(32(40)36-22-28-13-15-31(34)37-24(28)2)20-30(39)29(14-10-25-6-4-3-5-7-25)35-21-26-8-11-27(12-9-26)33(41)38-16-18-42-19-17-38/h3-9,11-13,15,23,29,35H,10,14,16-22H2,1-2H3,(H2,34,37)(H,36,40)/t23-,29-/m1/s1. The number of ether oxygens (including phenoxy) is 1. The van der Waals surface area contributed by atoms with E-state index in [4.69, 9.17) is 10.5 Å². The molecule has 222 valence electrons. The molecule has 0 aliphatic carbocycles. The summed E-state index contributed by atoms with van der Waals surface area (Å²) in [6.07, 6.45) is 1.48. The Morgan fingerprint density at radius 2 is 1.67 bits per heavy atom. The number of hydrogen-bond donors (Lipinski definition) is 3. The summed E-state index contributed by atoms with van der Waals surface area (Å²) < 4.78 is 5.34. The molecule has 2 atom stereocenters. The van der Waals surface area contributed by atoms with Gasteiger partial charge in [-0.3, -0.25) is 14.4 Å². The number of amides is 2. The molecule has 9 heteroatoms. The van der Waals surface area contributed by atoms with Crippen molar-refractivity contribution < 1.29 is 19.1 Å². The van der Waals surface area contributed by atoms with E-state index in [0.717, 1.165) is 28.8 Å². The fourth-order valence-electron chi connectivity index (χ4n) is 4.98. The molecule has 1 saturated heterocycles. The van der Waals surface area contributed by atoms with Crippen LogP contribution in [0.2, 0.25) is 0 Å². The predicted molar refractivity (Wildman–Crippen MR) is 163 cm³/mol. The molecule has 0 unspecified atom stereocenters. The molecule has 0 saturated carbocycles. The molecular formula is C33H41N5O4. The van der Waals surface area contributed by atoms with Crippen LogP contribution in [0, 0.1) is 12.8 Å². The Morgan fingerprint density at radius 1 is 0.952 bits per heavy atom. The molecule has 1 aliphatic rings. The number of nitrogens with zero attached hydrogens (tertiary/aromatic N) is 2. The van der Waals surface area contributed by atoms with Crippen molar-refractivity contribution in [2.45, 2.75) is 52.2 Å². The number of nitrogens with one attached hydrogen (secondary N) is 2. The third kappa shape index (κ3) is 8.96. The van der Waals surface area contributed by atoms with Gasteiger partial charge in [-0.15, -0.1) is 0 Å². The number of Topliss-reactive ketones (excluding diaryl/α,β-unsaturated/α-hetero) is 1. The number of ketones is 1. The number of anilines is 1. The molecule has 2 aromatic carbocycles. The van der Waals surface area contributed by atoms with E-state index in [2.05, 4.69) is 27.8 Å². The van der Waals surface area contributed by atoms with Crippen molar-refractivity contribution in [3.05, 3.63) is 94.7 Å². The molecule has 42 heavy (non-hydrogen) atoms. The van der Waals surface area contributed by atoms with Crippen molar-refractivity contribution >= 4 is 23.4 Å². The Morgan fingerprint density at radius 3 is 2.36 bits per heavy atom. The first-order chi connectivity index (χ1) is 20.3. The van der Waals surface area contributed by atoms with E-state index >= 15 is 0 Å². The molecule has 4 N–H and O–H groups in total. The zero-order chi connectivity index (χ0) is 29.9. The van der Waals surface area contributed by atoms with Crippen LogP contribution in [0.15, 0.2) is 66.7 Å². The second-order valence-corrected chi connectivity index (χ2v) is 10.8. The van der Waals surface area contributed by atoms with Crippen LogP contribution in [0.25, 0.3) is 0 Å². The van der Waals surface area contributed by atoms with Gasteiger partial charge in [0.05, 0.1) is 19.3 Å². The van der Waals surface area contributed by atoms with Crippen LogP contribution >= 0.6 is 0 Å². The fraction of sp³-hybridized carbons (Fsp3) is 0.394. The summed E-state index contributed by atoms with van der Waals surface area (Å²) in [4.78, 5) is 45.1. The molecule has 2 amide bonds. The average molecular weight is 572 g/mol. The minimum absolute atomic E-state index is 0.00183. The zero-order valence-electron chi connectivity index (χ0n) is 24.5. The number of aromatic nitrogens is 1. The van der Waals surface area contributed by atoms with Gasteiger partial charge in [0.15, 0.2) is 5.78 Å². The van der Waals surface area contributed by atoms with Gasteiger partial charge in [0, 0.05) is 49.8 Å². The number of carbonyl (C=O) groups excluding carboxylic acids is 3. The normalized spacial score (nSPS) is 14.7. The number of pyridine rings is 1. The number of carbonyl (C=O) groups is 3. The Bertz CT molecular complexity index is 1340. The number of hydrogen-bond acceptors (Lipinski definition) is 7. The van der Waals surface area contributed by atoms with E-state index in [-0.39, 0.29) is 24.0 Å². The highest BCUT2D eigenvalue weighted by atomic mass is 16.5. The summed E-state index contributed by atoms with van der Waals surface area (Å²) >= 11 is 0. The van der Waals surface area contributed by atoms with E-state index < -0.39 is 12.0 Å². The van der Waals surface area contributed by atoms with Gasteiger partial charge in [0.2, 0.25) is 5.91 Å². The number of aryl methyl sites for hydroxylation is 2. The predicted octanol–water partition coefficient (Wildman–Crippen LogP) is 3.45. The van der Waals surface area contributed by atoms with Crippen molar-refractivity contribution in [1.29, 1.82) is 0 Å². The lowest BCUT2D eigenvalue weighted by atomic mass is 9.95. The van der Waals surface area contributed by atoms with Crippen LogP contribution in [0.3, 0.4) is 0 Å². The van der Waals surface area contributed by atoms with Gasteiger partial charge in [-0.1, -0.05) is 55.5 Å². The molecule has 0 spiro atoms. The first-order valence-electron chi connectivity index (χ1n) is 14.6. The van der Waals surface area contributed by atoms with Gasteiger partial charge in [-0.2, -0.15) is 0 Å². The van der Waals surface area contributed by atoms with Crippen molar-refractivity contribution in [3.63, 3.8) is 0 Å². The molecule has 3 aromatic rings. The Hall–Kier alpha value is -4.08.